The average molecular weight is 862 g/mol. The Morgan fingerprint density at radius 3 is 2.29 bits per heavy atom. The number of carbonyl (C=O) groups excluding carboxylic acids is 4. The maximum Gasteiger partial charge on any atom is 0.481 e. The molecule has 3 fully saturated rings. The maximum absolute atomic E-state index is 16.5. The summed E-state index contributed by atoms with van der Waals surface area (Å²) in [5.41, 5.74) is 3.57. The topological polar surface area (TPSA) is 339 Å². The molecule has 28 heteroatoms. The Hall–Kier alpha value is -3.36. The second-order valence-electron chi connectivity index (χ2n) is 12.9. The first-order chi connectivity index (χ1) is 26.0. The predicted octanol–water partition coefficient (Wildman–Crippen LogP) is -1.08. The van der Waals surface area contributed by atoms with Gasteiger partial charge in [0.05, 0.1) is 6.33 Å². The molecule has 56 heavy (non-hydrogen) atoms. The SMILES string of the molecule is CC(=O)OC[C@H](OC(C)=O)C1OC(OP(=O)(O)OP(O)(=S)OC[C@@]2(F)O[C@@H](n3cnc4c(N)ncnc43)[C@@](O)(C3CC3)[C@@H]2O)C(OC(C)=O)C(O)C1OC(C)=O. The lowest BCUT2D eigenvalue weighted by atomic mass is 9.88. The second-order valence-corrected chi connectivity index (χ2v) is 17.2. The van der Waals surface area contributed by atoms with E-state index in [1.807, 2.05) is 0 Å². The van der Waals surface area contributed by atoms with E-state index >= 15 is 4.39 Å². The molecule has 7 N–H and O–H groups in total. The van der Waals surface area contributed by atoms with Crippen LogP contribution in [-0.2, 0) is 77.3 Å². The third-order valence-corrected chi connectivity index (χ3v) is 12.1. The highest BCUT2D eigenvalue weighted by Gasteiger charge is 2.70. The third-order valence-electron chi connectivity index (χ3n) is 8.58. The molecule has 7 unspecified atom stereocenters. The largest absolute Gasteiger partial charge is 0.481 e. The minimum atomic E-state index is -5.84. The number of nitrogens with two attached hydrogens (primary N) is 1. The van der Waals surface area contributed by atoms with E-state index in [9.17, 15) is 48.8 Å². The van der Waals surface area contributed by atoms with Gasteiger partial charge in [-0.15, -0.1) is 0 Å². The minimum Gasteiger partial charge on any atom is -0.462 e. The molecule has 3 aliphatic rings. The van der Waals surface area contributed by atoms with Gasteiger partial charge in [0.1, 0.15) is 49.0 Å². The first kappa shape index (κ1) is 43.8. The van der Waals surface area contributed by atoms with Gasteiger partial charge >= 0.3 is 38.4 Å². The van der Waals surface area contributed by atoms with Crippen LogP contribution in [0.15, 0.2) is 12.7 Å². The van der Waals surface area contributed by atoms with Crippen LogP contribution in [0.1, 0.15) is 46.8 Å². The summed E-state index contributed by atoms with van der Waals surface area (Å²) in [6.07, 6.45) is -13.3. The number of hydrogen-bond donors (Lipinski definition) is 6. The first-order valence-corrected chi connectivity index (χ1v) is 20.4. The number of phosphoric acid groups is 1. The molecule has 0 radical (unpaired) electrons. The van der Waals surface area contributed by atoms with E-state index in [0.29, 0.717) is 12.8 Å². The van der Waals surface area contributed by atoms with Gasteiger partial charge in [-0.3, -0.25) is 28.3 Å². The van der Waals surface area contributed by atoms with Crippen LogP contribution in [0, 0.1) is 5.92 Å². The molecule has 0 spiro atoms. The Labute approximate surface area is 320 Å². The summed E-state index contributed by atoms with van der Waals surface area (Å²) >= 11 is 4.81. The third kappa shape index (κ3) is 9.49. The zero-order valence-corrected chi connectivity index (χ0v) is 32.3. The number of anilines is 1. The number of alkyl halides is 1. The number of phosphoric ester groups is 1. The molecule has 0 amide bonds. The van der Waals surface area contributed by atoms with Gasteiger partial charge in [0.15, 0.2) is 36.0 Å². The quantitative estimate of drug-likeness (QED) is 0.0704. The fraction of sp³-hybridized carbons (Fsp3) is 0.679. The number of halogens is 1. The molecule has 1 aliphatic carbocycles. The van der Waals surface area contributed by atoms with Crippen LogP contribution in [0.4, 0.5) is 10.2 Å². The molecule has 24 nitrogen and oxygen atoms in total. The zero-order valence-electron chi connectivity index (χ0n) is 29.7. The normalized spacial score (nSPS) is 33.1. The van der Waals surface area contributed by atoms with Gasteiger partial charge in [-0.25, -0.2) is 28.2 Å². The number of nitrogens with zero attached hydrogens (tertiary/aromatic N) is 4. The van der Waals surface area contributed by atoms with Gasteiger partial charge in [-0.1, -0.05) is 0 Å². The minimum absolute atomic E-state index is 0.00185. The first-order valence-electron chi connectivity index (χ1n) is 16.4. The molecule has 2 aliphatic heterocycles. The molecule has 2 aromatic rings. The molecule has 5 rings (SSSR count). The highest BCUT2D eigenvalue weighted by atomic mass is 32.5. The molecule has 0 aromatic carbocycles. The number of imidazole rings is 1. The van der Waals surface area contributed by atoms with Crippen molar-refractivity contribution in [1.82, 2.24) is 19.5 Å². The second kappa shape index (κ2) is 16.5. The fourth-order valence-corrected chi connectivity index (χ4v) is 9.27. The van der Waals surface area contributed by atoms with Crippen LogP contribution in [0.3, 0.4) is 0 Å². The molecular formula is C28H38FN5O19P2S. The van der Waals surface area contributed by atoms with E-state index in [2.05, 4.69) is 19.3 Å². The number of aromatic nitrogens is 4. The van der Waals surface area contributed by atoms with Crippen molar-refractivity contribution in [2.75, 3.05) is 18.9 Å². The van der Waals surface area contributed by atoms with Crippen molar-refractivity contribution in [2.24, 2.45) is 5.92 Å². The van der Waals surface area contributed by atoms with Gasteiger partial charge < -0.3 is 63.8 Å². The van der Waals surface area contributed by atoms with Gasteiger partial charge in [0.2, 0.25) is 6.29 Å². The Balaban J connectivity index is 1.36. The lowest BCUT2D eigenvalue weighted by molar-refractivity contribution is -0.299. The molecule has 2 aromatic heterocycles. The lowest BCUT2D eigenvalue weighted by Crippen LogP contribution is -2.64. The fourth-order valence-electron chi connectivity index (χ4n) is 6.19. The van der Waals surface area contributed by atoms with E-state index < -0.39 is 118 Å². The zero-order chi connectivity index (χ0) is 41.5. The standard InChI is InChI=1S/C28H38FN5O19P2S/c1-11(35)45-7-16(47-12(2)36)19-20(48-13(3)37)18(39)21(49-14(4)38)24(50-19)52-54(42,43)53-55(44,56)46-8-27(29)25(40)28(41,15-5-6-15)26(51-27)34-10-33-17-22(30)31-9-32-23(17)34/h9-10,15-16,18-21,24-26,39-41H,5-8H2,1-4H3,(H,42,43)(H,44,56)(H2,30,31,32)/t16-,18?,19?,20?,21?,24?,25+,26+,27+,28+,55?/m0/s1. The van der Waals surface area contributed by atoms with Crippen molar-refractivity contribution in [3.8, 4) is 0 Å². The van der Waals surface area contributed by atoms with Crippen molar-refractivity contribution >= 4 is 67.2 Å². The number of fused-ring (bicyclic) bond motifs is 1. The monoisotopic (exact) mass is 861 g/mol. The van der Waals surface area contributed by atoms with Crippen LogP contribution in [0.25, 0.3) is 11.2 Å². The number of aliphatic hydroxyl groups excluding tert-OH is 2. The molecule has 12 atom stereocenters. The maximum atomic E-state index is 16.5. The smallest absolute Gasteiger partial charge is 0.462 e. The van der Waals surface area contributed by atoms with E-state index in [0.717, 1.165) is 44.9 Å². The number of aliphatic hydroxyl groups is 3. The van der Waals surface area contributed by atoms with Gasteiger partial charge in [-0.2, -0.15) is 0 Å². The summed E-state index contributed by atoms with van der Waals surface area (Å²) in [7, 11) is -5.84. The summed E-state index contributed by atoms with van der Waals surface area (Å²) in [6, 6.07) is 0. The van der Waals surface area contributed by atoms with E-state index in [4.69, 9.17) is 55.0 Å². The van der Waals surface area contributed by atoms with Crippen LogP contribution in [0.5, 0.6) is 0 Å². The summed E-state index contributed by atoms with van der Waals surface area (Å²) in [5.74, 6) is -8.15. The molecule has 2 saturated heterocycles. The summed E-state index contributed by atoms with van der Waals surface area (Å²) in [4.78, 5) is 80.8. The number of carbonyl (C=O) groups is 4. The van der Waals surface area contributed by atoms with Gasteiger partial charge in [-0.05, 0) is 30.6 Å². The number of esters is 4. The van der Waals surface area contributed by atoms with Crippen LogP contribution >= 0.6 is 14.5 Å². The number of ether oxygens (including phenoxy) is 6. The Bertz CT molecular complexity index is 1940. The number of rotatable bonds is 15. The van der Waals surface area contributed by atoms with Gasteiger partial charge in [0.25, 0.3) is 5.85 Å². The molecule has 0 bridgehead atoms. The van der Waals surface area contributed by atoms with E-state index in [1.165, 1.54) is 0 Å². The molecule has 1 saturated carbocycles. The van der Waals surface area contributed by atoms with Crippen LogP contribution < -0.4 is 5.73 Å². The molecular weight excluding hydrogens is 823 g/mol. The molecule has 4 heterocycles. The number of nitrogen functional groups attached to an aromatic ring is 1. The van der Waals surface area contributed by atoms with E-state index in [-0.39, 0.29) is 17.0 Å². The molecule has 312 valence electrons. The highest BCUT2D eigenvalue weighted by Crippen LogP contribution is 2.63. The van der Waals surface area contributed by atoms with Crippen molar-refractivity contribution in [2.45, 2.75) is 101 Å². The van der Waals surface area contributed by atoms with Crippen molar-refractivity contribution in [3.05, 3.63) is 12.7 Å². The Morgan fingerprint density at radius 1 is 1.05 bits per heavy atom. The van der Waals surface area contributed by atoms with E-state index in [1.54, 1.807) is 0 Å². The van der Waals surface area contributed by atoms with Crippen molar-refractivity contribution in [3.63, 3.8) is 0 Å². The Kier molecular flexibility index (Phi) is 12.9. The Morgan fingerprint density at radius 2 is 1.70 bits per heavy atom. The average Bonchev–Trinajstić information content (AvgIpc) is 3.81. The number of hydrogen-bond acceptors (Lipinski definition) is 22. The van der Waals surface area contributed by atoms with Gasteiger partial charge in [0, 0.05) is 27.7 Å². The van der Waals surface area contributed by atoms with Crippen LogP contribution in [0.2, 0.25) is 0 Å². The highest BCUT2D eigenvalue weighted by molar-refractivity contribution is 8.08. The summed E-state index contributed by atoms with van der Waals surface area (Å²) < 4.78 is 76.8. The van der Waals surface area contributed by atoms with Crippen LogP contribution in [-0.4, -0.2) is 136 Å². The summed E-state index contributed by atoms with van der Waals surface area (Å²) in [6.45, 7) is -3.73. The lowest BCUT2D eigenvalue weighted by Gasteiger charge is -2.44. The summed E-state index contributed by atoms with van der Waals surface area (Å²) in [5, 5.41) is 34.0. The van der Waals surface area contributed by atoms with Crippen molar-refractivity contribution < 1.29 is 95.0 Å². The predicted molar refractivity (Wildman–Crippen MR) is 180 cm³/mol. The van der Waals surface area contributed by atoms with Crippen molar-refractivity contribution in [1.29, 1.82) is 0 Å².